The van der Waals surface area contributed by atoms with Crippen molar-refractivity contribution in [3.63, 3.8) is 0 Å². The van der Waals surface area contributed by atoms with E-state index in [9.17, 15) is 4.79 Å². The summed E-state index contributed by atoms with van der Waals surface area (Å²) in [7, 11) is 0. The number of carbonyl (C=O) groups is 1. The van der Waals surface area contributed by atoms with Crippen LogP contribution in [0.2, 0.25) is 0 Å². The molecule has 4 rings (SSSR count). The molecule has 2 heterocycles. The lowest BCUT2D eigenvalue weighted by Crippen LogP contribution is -2.43. The maximum absolute atomic E-state index is 13.0. The molecule has 0 radical (unpaired) electrons. The van der Waals surface area contributed by atoms with Crippen LogP contribution in [0.5, 0.6) is 5.75 Å². The van der Waals surface area contributed by atoms with E-state index in [1.165, 1.54) is 11.1 Å². The molecule has 4 heteroatoms. The molecule has 0 aliphatic carbocycles. The first-order valence-corrected chi connectivity index (χ1v) is 9.09. The fourth-order valence-corrected chi connectivity index (χ4v) is 4.54. The molecule has 2 aromatic rings. The van der Waals surface area contributed by atoms with E-state index in [1.807, 2.05) is 53.1 Å². The van der Waals surface area contributed by atoms with Crippen LogP contribution in [-0.4, -0.2) is 29.2 Å². The van der Waals surface area contributed by atoms with Crippen molar-refractivity contribution < 1.29 is 9.53 Å². The first-order chi connectivity index (χ1) is 11.3. The summed E-state index contributed by atoms with van der Waals surface area (Å²) in [6.45, 7) is 0.796. The van der Waals surface area contributed by atoms with E-state index >= 15 is 0 Å². The summed E-state index contributed by atoms with van der Waals surface area (Å²) < 4.78 is 5.99. The van der Waals surface area contributed by atoms with Gasteiger partial charge in [-0.3, -0.25) is 4.79 Å². The van der Waals surface area contributed by atoms with E-state index in [0.29, 0.717) is 0 Å². The fraction of sp³-hybridized carbons (Fsp3) is 0.316. The Morgan fingerprint density at radius 1 is 1.09 bits per heavy atom. The average molecular weight is 325 g/mol. The molecular formula is C19H19NO2S. The maximum Gasteiger partial charge on any atom is 0.264 e. The Bertz CT molecular complexity index is 704. The van der Waals surface area contributed by atoms with Gasteiger partial charge in [0, 0.05) is 12.3 Å². The lowest BCUT2D eigenvalue weighted by Gasteiger charge is -2.31. The van der Waals surface area contributed by atoms with Gasteiger partial charge in [-0.1, -0.05) is 48.5 Å². The van der Waals surface area contributed by atoms with Crippen LogP contribution in [0.1, 0.15) is 22.9 Å². The molecule has 0 bridgehead atoms. The summed E-state index contributed by atoms with van der Waals surface area (Å²) in [5.41, 5.74) is 2.39. The third-order valence-corrected chi connectivity index (χ3v) is 5.71. The molecule has 2 atom stereocenters. The zero-order chi connectivity index (χ0) is 15.6. The van der Waals surface area contributed by atoms with Gasteiger partial charge in [-0.25, -0.2) is 0 Å². The van der Waals surface area contributed by atoms with Crippen LogP contribution in [0.15, 0.2) is 54.6 Å². The van der Waals surface area contributed by atoms with Crippen molar-refractivity contribution in [3.05, 3.63) is 65.7 Å². The molecule has 118 valence electrons. The number of benzene rings is 2. The van der Waals surface area contributed by atoms with Crippen LogP contribution in [0.4, 0.5) is 0 Å². The first kappa shape index (κ1) is 14.6. The second-order valence-corrected chi connectivity index (χ2v) is 7.11. The molecular weight excluding hydrogens is 306 g/mol. The number of hydrogen-bond donors (Lipinski definition) is 0. The number of aryl methyl sites for hydroxylation is 1. The quantitative estimate of drug-likeness (QED) is 0.844. The molecule has 2 unspecified atom stereocenters. The van der Waals surface area contributed by atoms with Gasteiger partial charge in [0.2, 0.25) is 0 Å². The van der Waals surface area contributed by atoms with Gasteiger partial charge in [-0.2, -0.15) is 0 Å². The Hall–Kier alpha value is -1.94. The summed E-state index contributed by atoms with van der Waals surface area (Å²) in [6.07, 6.45) is 1.32. The number of rotatable bonds is 2. The molecule has 1 amide bonds. The Kier molecular flexibility index (Phi) is 4.00. The van der Waals surface area contributed by atoms with E-state index in [2.05, 4.69) is 18.2 Å². The van der Waals surface area contributed by atoms with Crippen molar-refractivity contribution in [3.8, 4) is 5.75 Å². The SMILES string of the molecule is O=C(C1CCc2ccccc2O1)N1CCSC1c1ccccc1. The number of nitrogens with zero attached hydrogens (tertiary/aromatic N) is 1. The summed E-state index contributed by atoms with van der Waals surface area (Å²) in [5.74, 6) is 1.97. The number of ether oxygens (including phenoxy) is 1. The minimum atomic E-state index is -0.352. The predicted molar refractivity (Wildman–Crippen MR) is 92.5 cm³/mol. The lowest BCUT2D eigenvalue weighted by molar-refractivity contribution is -0.139. The van der Waals surface area contributed by atoms with Gasteiger partial charge in [0.25, 0.3) is 5.91 Å². The van der Waals surface area contributed by atoms with Gasteiger partial charge in [0.05, 0.1) is 0 Å². The van der Waals surface area contributed by atoms with Crippen molar-refractivity contribution in [2.75, 3.05) is 12.3 Å². The van der Waals surface area contributed by atoms with Gasteiger partial charge < -0.3 is 9.64 Å². The second-order valence-electron chi connectivity index (χ2n) is 5.92. The molecule has 0 spiro atoms. The second kappa shape index (κ2) is 6.28. The molecule has 0 saturated carbocycles. The van der Waals surface area contributed by atoms with Crippen LogP contribution >= 0.6 is 11.8 Å². The topological polar surface area (TPSA) is 29.5 Å². The zero-order valence-corrected chi connectivity index (χ0v) is 13.7. The number of amides is 1. The van der Waals surface area contributed by atoms with Gasteiger partial charge in [-0.05, 0) is 30.0 Å². The zero-order valence-electron chi connectivity index (χ0n) is 12.9. The predicted octanol–water partition coefficient (Wildman–Crippen LogP) is 3.65. The Morgan fingerprint density at radius 3 is 2.74 bits per heavy atom. The molecule has 0 aromatic heterocycles. The molecule has 1 fully saturated rings. The van der Waals surface area contributed by atoms with E-state index in [-0.39, 0.29) is 17.4 Å². The molecule has 3 nitrogen and oxygen atoms in total. The van der Waals surface area contributed by atoms with Crippen molar-refractivity contribution in [1.29, 1.82) is 0 Å². The van der Waals surface area contributed by atoms with Crippen LogP contribution in [0, 0.1) is 0 Å². The number of thioether (sulfide) groups is 1. The lowest BCUT2D eigenvalue weighted by atomic mass is 10.0. The normalized spacial score (nSPS) is 23.2. The van der Waals surface area contributed by atoms with Gasteiger partial charge in [0.15, 0.2) is 6.10 Å². The van der Waals surface area contributed by atoms with Crippen molar-refractivity contribution in [2.45, 2.75) is 24.3 Å². The minimum Gasteiger partial charge on any atom is -0.480 e. The van der Waals surface area contributed by atoms with Crippen LogP contribution in [0.3, 0.4) is 0 Å². The summed E-state index contributed by atoms with van der Waals surface area (Å²) in [6, 6.07) is 18.3. The maximum atomic E-state index is 13.0. The summed E-state index contributed by atoms with van der Waals surface area (Å²) in [4.78, 5) is 15.0. The van der Waals surface area contributed by atoms with Crippen LogP contribution in [-0.2, 0) is 11.2 Å². The van der Waals surface area contributed by atoms with E-state index in [4.69, 9.17) is 4.74 Å². The number of hydrogen-bond acceptors (Lipinski definition) is 3. The van der Waals surface area contributed by atoms with E-state index in [0.717, 1.165) is 30.9 Å². The van der Waals surface area contributed by atoms with E-state index in [1.54, 1.807) is 0 Å². The van der Waals surface area contributed by atoms with Gasteiger partial charge >= 0.3 is 0 Å². The highest BCUT2D eigenvalue weighted by Crippen LogP contribution is 2.39. The standard InChI is InChI=1S/C19H19NO2S/c21-18(17-11-10-14-6-4-5-9-16(14)22-17)20-12-13-23-19(20)15-7-2-1-3-8-15/h1-9,17,19H,10-13H2. The van der Waals surface area contributed by atoms with Crippen molar-refractivity contribution in [2.24, 2.45) is 0 Å². The largest absolute Gasteiger partial charge is 0.480 e. The number of fused-ring (bicyclic) bond motifs is 1. The molecule has 1 saturated heterocycles. The molecule has 2 aromatic carbocycles. The van der Waals surface area contributed by atoms with Gasteiger partial charge in [-0.15, -0.1) is 11.8 Å². The van der Waals surface area contributed by atoms with Crippen LogP contribution in [0.25, 0.3) is 0 Å². The summed E-state index contributed by atoms with van der Waals surface area (Å²) >= 11 is 1.83. The average Bonchev–Trinajstić information content (AvgIpc) is 3.11. The Labute approximate surface area is 140 Å². The minimum absolute atomic E-state index is 0.115. The Balaban J connectivity index is 1.53. The van der Waals surface area contributed by atoms with Crippen molar-refractivity contribution in [1.82, 2.24) is 4.90 Å². The van der Waals surface area contributed by atoms with Gasteiger partial charge in [0.1, 0.15) is 11.1 Å². The smallest absolute Gasteiger partial charge is 0.264 e. The third-order valence-electron chi connectivity index (χ3n) is 4.45. The number of para-hydroxylation sites is 1. The highest BCUT2D eigenvalue weighted by molar-refractivity contribution is 7.99. The van der Waals surface area contributed by atoms with E-state index < -0.39 is 0 Å². The fourth-order valence-electron chi connectivity index (χ4n) is 3.27. The Morgan fingerprint density at radius 2 is 1.87 bits per heavy atom. The summed E-state index contributed by atoms with van der Waals surface area (Å²) in [5, 5.41) is 0.115. The molecule has 2 aliphatic heterocycles. The first-order valence-electron chi connectivity index (χ1n) is 8.04. The monoisotopic (exact) mass is 325 g/mol. The highest BCUT2D eigenvalue weighted by atomic mass is 32.2. The van der Waals surface area contributed by atoms with Crippen LogP contribution < -0.4 is 4.74 Å². The highest BCUT2D eigenvalue weighted by Gasteiger charge is 2.36. The molecule has 23 heavy (non-hydrogen) atoms. The molecule has 2 aliphatic rings. The number of carbonyl (C=O) groups excluding carboxylic acids is 1. The molecule has 0 N–H and O–H groups in total. The van der Waals surface area contributed by atoms with Crippen molar-refractivity contribution >= 4 is 17.7 Å². The third kappa shape index (κ3) is 2.83.